The summed E-state index contributed by atoms with van der Waals surface area (Å²) >= 11 is 0. The summed E-state index contributed by atoms with van der Waals surface area (Å²) in [6.07, 6.45) is 3.75. The molecule has 4 nitrogen and oxygen atoms in total. The Labute approximate surface area is 97.9 Å². The topological polar surface area (TPSA) is 49.4 Å². The normalized spacial score (nSPS) is 27.7. The van der Waals surface area contributed by atoms with Crippen LogP contribution in [0.15, 0.2) is 0 Å². The smallest absolute Gasteiger partial charge is 0.217 e. The van der Waals surface area contributed by atoms with E-state index in [1.54, 1.807) is 4.31 Å². The summed E-state index contributed by atoms with van der Waals surface area (Å²) in [6, 6.07) is 0.200. The van der Waals surface area contributed by atoms with Crippen molar-refractivity contribution in [1.82, 2.24) is 9.62 Å². The molecule has 0 spiro atoms. The number of nitrogens with one attached hydrogen (secondary N) is 1. The molecule has 1 heterocycles. The van der Waals surface area contributed by atoms with Gasteiger partial charge in [-0.05, 0) is 32.7 Å². The zero-order valence-corrected chi connectivity index (χ0v) is 10.6. The third-order valence-electron chi connectivity index (χ3n) is 3.04. The number of halogens is 1. The van der Waals surface area contributed by atoms with Crippen LogP contribution in [0.5, 0.6) is 0 Å². The van der Waals surface area contributed by atoms with E-state index in [4.69, 9.17) is 0 Å². The van der Waals surface area contributed by atoms with Gasteiger partial charge in [-0.3, -0.25) is 0 Å². The molecule has 2 fully saturated rings. The number of nitrogens with zero attached hydrogens (tertiary/aromatic N) is 1. The summed E-state index contributed by atoms with van der Waals surface area (Å²) < 4.78 is 25.7. The molecule has 0 aromatic heterocycles. The van der Waals surface area contributed by atoms with Crippen LogP contribution in [-0.2, 0) is 10.0 Å². The Hall–Kier alpha value is 0.160. The molecule has 1 saturated heterocycles. The van der Waals surface area contributed by atoms with Gasteiger partial charge >= 0.3 is 0 Å². The molecule has 1 N–H and O–H groups in total. The summed E-state index contributed by atoms with van der Waals surface area (Å²) in [5.74, 6) is 0. The molecule has 0 aromatic carbocycles. The molecule has 15 heavy (non-hydrogen) atoms. The van der Waals surface area contributed by atoms with Gasteiger partial charge in [-0.1, -0.05) is 0 Å². The Morgan fingerprint density at radius 1 is 1.33 bits per heavy atom. The third-order valence-corrected chi connectivity index (χ3v) is 5.48. The van der Waals surface area contributed by atoms with Gasteiger partial charge in [0.1, 0.15) is 0 Å². The van der Waals surface area contributed by atoms with Crippen molar-refractivity contribution in [3.8, 4) is 0 Å². The molecule has 1 aliphatic carbocycles. The van der Waals surface area contributed by atoms with Crippen LogP contribution >= 0.6 is 12.4 Å². The van der Waals surface area contributed by atoms with E-state index in [1.165, 1.54) is 0 Å². The monoisotopic (exact) mass is 254 g/mol. The highest BCUT2D eigenvalue weighted by Gasteiger charge is 2.43. The maximum atomic E-state index is 12.0. The second-order valence-electron chi connectivity index (χ2n) is 4.21. The molecule has 0 bridgehead atoms. The highest BCUT2D eigenvalue weighted by Crippen LogP contribution is 2.34. The molecule has 0 aromatic rings. The molecule has 1 unspecified atom stereocenters. The fourth-order valence-corrected chi connectivity index (χ4v) is 4.24. The van der Waals surface area contributed by atoms with Crippen LogP contribution in [0.3, 0.4) is 0 Å². The van der Waals surface area contributed by atoms with Crippen LogP contribution < -0.4 is 5.32 Å². The predicted octanol–water partition coefficient (Wildman–Crippen LogP) is 0.584. The quantitative estimate of drug-likeness (QED) is 0.799. The average molecular weight is 255 g/mol. The lowest BCUT2D eigenvalue weighted by molar-refractivity contribution is 0.378. The summed E-state index contributed by atoms with van der Waals surface area (Å²) in [5.41, 5.74) is 0. The number of rotatable bonds is 4. The molecule has 1 saturated carbocycles. The van der Waals surface area contributed by atoms with Gasteiger partial charge in [-0.25, -0.2) is 8.42 Å². The lowest BCUT2D eigenvalue weighted by Crippen LogP contribution is -2.42. The van der Waals surface area contributed by atoms with Crippen molar-refractivity contribution in [2.24, 2.45) is 0 Å². The van der Waals surface area contributed by atoms with Gasteiger partial charge in [-0.15, -0.1) is 12.4 Å². The standard InChI is InChI=1S/C9H18N2O2S.ClH/c1-10-7-8-3-2-6-11(8)14(12,13)9-4-5-9;/h8-10H,2-7H2,1H3;1H. The highest BCUT2D eigenvalue weighted by molar-refractivity contribution is 7.90. The molecule has 0 amide bonds. The summed E-state index contributed by atoms with van der Waals surface area (Å²) in [6.45, 7) is 1.51. The molecule has 90 valence electrons. The fourth-order valence-electron chi connectivity index (χ4n) is 2.14. The van der Waals surface area contributed by atoms with Crippen molar-refractivity contribution in [2.75, 3.05) is 20.1 Å². The average Bonchev–Trinajstić information content (AvgIpc) is 2.88. The Kier molecular flexibility index (Phi) is 4.40. The molecule has 2 aliphatic rings. The Morgan fingerprint density at radius 3 is 2.53 bits per heavy atom. The molecular formula is C9H19ClN2O2S. The first-order valence-corrected chi connectivity index (χ1v) is 6.82. The molecule has 6 heteroatoms. The minimum atomic E-state index is -2.94. The summed E-state index contributed by atoms with van der Waals surface area (Å²) in [7, 11) is -1.07. The number of sulfonamides is 1. The first-order valence-electron chi connectivity index (χ1n) is 5.31. The van der Waals surface area contributed by atoms with Crippen LogP contribution in [0.4, 0.5) is 0 Å². The zero-order chi connectivity index (χ0) is 10.2. The number of likely N-dealkylation sites (N-methyl/N-ethyl adjacent to an activating group) is 1. The first kappa shape index (κ1) is 13.2. The zero-order valence-electron chi connectivity index (χ0n) is 8.98. The van der Waals surface area contributed by atoms with Crippen molar-refractivity contribution >= 4 is 22.4 Å². The molecule has 0 radical (unpaired) electrons. The van der Waals surface area contributed by atoms with E-state index in [1.807, 2.05) is 7.05 Å². The van der Waals surface area contributed by atoms with E-state index >= 15 is 0 Å². The molecular weight excluding hydrogens is 236 g/mol. The largest absolute Gasteiger partial charge is 0.318 e. The van der Waals surface area contributed by atoms with Crippen LogP contribution in [-0.4, -0.2) is 44.2 Å². The number of hydrogen-bond acceptors (Lipinski definition) is 3. The maximum Gasteiger partial charge on any atom is 0.217 e. The Bertz CT molecular complexity index is 303. The summed E-state index contributed by atoms with van der Waals surface area (Å²) in [5, 5.41) is 3.01. The summed E-state index contributed by atoms with van der Waals surface area (Å²) in [4.78, 5) is 0. The van der Waals surface area contributed by atoms with Crippen molar-refractivity contribution in [1.29, 1.82) is 0 Å². The highest BCUT2D eigenvalue weighted by atomic mass is 35.5. The Morgan fingerprint density at radius 2 is 2.00 bits per heavy atom. The van der Waals surface area contributed by atoms with Crippen molar-refractivity contribution in [3.63, 3.8) is 0 Å². The van der Waals surface area contributed by atoms with Crippen molar-refractivity contribution in [3.05, 3.63) is 0 Å². The van der Waals surface area contributed by atoms with E-state index in [2.05, 4.69) is 5.32 Å². The van der Waals surface area contributed by atoms with Crippen LogP contribution in [0.1, 0.15) is 25.7 Å². The van der Waals surface area contributed by atoms with E-state index in [9.17, 15) is 8.42 Å². The van der Waals surface area contributed by atoms with Gasteiger partial charge in [0.2, 0.25) is 10.0 Å². The second kappa shape index (κ2) is 4.99. The predicted molar refractivity (Wildman–Crippen MR) is 62.8 cm³/mol. The van der Waals surface area contributed by atoms with E-state index in [0.717, 1.165) is 38.8 Å². The van der Waals surface area contributed by atoms with Crippen LogP contribution in [0.2, 0.25) is 0 Å². The Balaban J connectivity index is 0.00000112. The van der Waals surface area contributed by atoms with Gasteiger partial charge in [0.25, 0.3) is 0 Å². The van der Waals surface area contributed by atoms with E-state index < -0.39 is 10.0 Å². The first-order chi connectivity index (χ1) is 6.66. The van der Waals surface area contributed by atoms with Gasteiger partial charge in [0.05, 0.1) is 5.25 Å². The van der Waals surface area contributed by atoms with Gasteiger partial charge < -0.3 is 5.32 Å². The lowest BCUT2D eigenvalue weighted by atomic mass is 10.2. The maximum absolute atomic E-state index is 12.0. The van der Waals surface area contributed by atoms with Gasteiger partial charge in [0.15, 0.2) is 0 Å². The fraction of sp³-hybridized carbons (Fsp3) is 1.00. The molecule has 1 atom stereocenters. The molecule has 2 rings (SSSR count). The minimum absolute atomic E-state index is 0. The van der Waals surface area contributed by atoms with Gasteiger partial charge in [-0.2, -0.15) is 4.31 Å². The van der Waals surface area contributed by atoms with Crippen LogP contribution in [0.25, 0.3) is 0 Å². The van der Waals surface area contributed by atoms with Gasteiger partial charge in [0, 0.05) is 19.1 Å². The van der Waals surface area contributed by atoms with Crippen LogP contribution in [0, 0.1) is 0 Å². The van der Waals surface area contributed by atoms with Crippen molar-refractivity contribution < 1.29 is 8.42 Å². The third kappa shape index (κ3) is 2.64. The lowest BCUT2D eigenvalue weighted by Gasteiger charge is -2.23. The van der Waals surface area contributed by atoms with E-state index in [0.29, 0.717) is 0 Å². The SMILES string of the molecule is CNCC1CCCN1S(=O)(=O)C1CC1.Cl. The van der Waals surface area contributed by atoms with E-state index in [-0.39, 0.29) is 23.7 Å². The van der Waals surface area contributed by atoms with Crippen molar-refractivity contribution in [2.45, 2.75) is 37.0 Å². The molecule has 1 aliphatic heterocycles. The minimum Gasteiger partial charge on any atom is -0.318 e. The second-order valence-corrected chi connectivity index (χ2v) is 6.37. The number of hydrogen-bond donors (Lipinski definition) is 1.